The summed E-state index contributed by atoms with van der Waals surface area (Å²) in [5.74, 6) is -0.715. The van der Waals surface area contributed by atoms with Gasteiger partial charge >= 0.3 is 11.9 Å². The first kappa shape index (κ1) is 15.8. The van der Waals surface area contributed by atoms with Gasteiger partial charge in [-0.1, -0.05) is 12.0 Å². The van der Waals surface area contributed by atoms with E-state index in [1.807, 2.05) is 0 Å². The lowest BCUT2D eigenvalue weighted by atomic mass is 10.1. The van der Waals surface area contributed by atoms with E-state index in [-0.39, 0.29) is 22.4 Å². The Balaban J connectivity index is 2.35. The Hall–Kier alpha value is -3.59. The van der Waals surface area contributed by atoms with Crippen LogP contribution in [0.1, 0.15) is 36.6 Å². The maximum absolute atomic E-state index is 12.2. The van der Waals surface area contributed by atoms with E-state index in [2.05, 4.69) is 11.2 Å². The van der Waals surface area contributed by atoms with Crippen molar-refractivity contribution < 1.29 is 24.6 Å². The van der Waals surface area contributed by atoms with Gasteiger partial charge in [0.2, 0.25) is 0 Å². The minimum absolute atomic E-state index is 0.0680. The van der Waals surface area contributed by atoms with Crippen molar-refractivity contribution in [2.45, 2.75) is 0 Å². The van der Waals surface area contributed by atoms with Crippen molar-refractivity contribution in [2.24, 2.45) is 0 Å². The number of carbonyl (C=O) groups excluding carboxylic acids is 1. The fraction of sp³-hybridized carbons (Fsp3) is 0. The number of terminal acetylenes is 1. The van der Waals surface area contributed by atoms with Crippen LogP contribution in [0.25, 0.3) is 0 Å². The maximum Gasteiger partial charge on any atom is 0.335 e. The first-order valence-electron chi connectivity index (χ1n) is 6.40. The van der Waals surface area contributed by atoms with Crippen molar-refractivity contribution in [1.29, 1.82) is 0 Å². The molecule has 0 aliphatic carbocycles. The van der Waals surface area contributed by atoms with Gasteiger partial charge in [-0.2, -0.15) is 0 Å². The molecule has 6 nitrogen and oxygen atoms in total. The molecule has 0 spiro atoms. The smallest absolute Gasteiger partial charge is 0.335 e. The van der Waals surface area contributed by atoms with Crippen LogP contribution in [0.2, 0.25) is 0 Å². The van der Waals surface area contributed by atoms with Crippen LogP contribution in [0.3, 0.4) is 0 Å². The molecule has 6 heteroatoms. The highest BCUT2D eigenvalue weighted by Gasteiger charge is 2.13. The van der Waals surface area contributed by atoms with E-state index < -0.39 is 17.8 Å². The number of carbonyl (C=O) groups is 3. The molecule has 3 N–H and O–H groups in total. The number of hydrogen-bond acceptors (Lipinski definition) is 3. The van der Waals surface area contributed by atoms with Crippen molar-refractivity contribution in [1.82, 2.24) is 0 Å². The predicted octanol–water partition coefficient (Wildman–Crippen LogP) is 2.32. The first-order chi connectivity index (χ1) is 10.9. The third-order valence-corrected chi connectivity index (χ3v) is 2.98. The van der Waals surface area contributed by atoms with Crippen molar-refractivity contribution >= 4 is 23.5 Å². The van der Waals surface area contributed by atoms with Gasteiger partial charge in [-0.05, 0) is 36.4 Å². The lowest BCUT2D eigenvalue weighted by Crippen LogP contribution is -2.13. The SMILES string of the molecule is C#Cc1cccc(C(=O)Nc2cc(C(=O)O)cc(C(=O)O)c2)c1. The quantitative estimate of drug-likeness (QED) is 0.752. The maximum atomic E-state index is 12.2. The molecule has 114 valence electrons. The topological polar surface area (TPSA) is 104 Å². The van der Waals surface area contributed by atoms with E-state index in [9.17, 15) is 14.4 Å². The van der Waals surface area contributed by atoms with Crippen molar-refractivity contribution in [2.75, 3.05) is 5.32 Å². The molecule has 0 unspecified atom stereocenters. The number of benzene rings is 2. The monoisotopic (exact) mass is 309 g/mol. The first-order valence-corrected chi connectivity index (χ1v) is 6.40. The Labute approximate surface area is 131 Å². The van der Waals surface area contributed by atoms with Gasteiger partial charge in [0.1, 0.15) is 0 Å². The molecule has 0 atom stereocenters. The van der Waals surface area contributed by atoms with Crippen LogP contribution >= 0.6 is 0 Å². The number of aromatic carboxylic acids is 2. The van der Waals surface area contributed by atoms with Gasteiger partial charge in [-0.3, -0.25) is 4.79 Å². The van der Waals surface area contributed by atoms with Gasteiger partial charge in [-0.15, -0.1) is 6.42 Å². The molecular formula is C17H11NO5. The van der Waals surface area contributed by atoms with Gasteiger partial charge in [0.05, 0.1) is 11.1 Å². The van der Waals surface area contributed by atoms with E-state index in [0.717, 1.165) is 6.07 Å². The number of carboxylic acid groups (broad SMARTS) is 2. The van der Waals surface area contributed by atoms with Gasteiger partial charge in [-0.25, -0.2) is 9.59 Å². The summed E-state index contributed by atoms with van der Waals surface area (Å²) in [6.45, 7) is 0. The third kappa shape index (κ3) is 3.74. The van der Waals surface area contributed by atoms with Crippen molar-refractivity contribution in [3.63, 3.8) is 0 Å². The molecule has 0 saturated heterocycles. The van der Waals surface area contributed by atoms with Crippen LogP contribution in [0.15, 0.2) is 42.5 Å². The lowest BCUT2D eigenvalue weighted by Gasteiger charge is -2.08. The molecule has 0 aromatic heterocycles. The second-order valence-corrected chi connectivity index (χ2v) is 4.59. The van der Waals surface area contributed by atoms with Crippen LogP contribution < -0.4 is 5.32 Å². The van der Waals surface area contributed by atoms with E-state index in [4.69, 9.17) is 16.6 Å². The lowest BCUT2D eigenvalue weighted by molar-refractivity contribution is 0.0696. The second-order valence-electron chi connectivity index (χ2n) is 4.59. The highest BCUT2D eigenvalue weighted by molar-refractivity contribution is 6.06. The molecular weight excluding hydrogens is 298 g/mol. The van der Waals surface area contributed by atoms with Crippen molar-refractivity contribution in [3.05, 3.63) is 64.7 Å². The highest BCUT2D eigenvalue weighted by atomic mass is 16.4. The zero-order valence-electron chi connectivity index (χ0n) is 11.7. The summed E-state index contributed by atoms with van der Waals surface area (Å²) < 4.78 is 0. The normalized spacial score (nSPS) is 9.70. The largest absolute Gasteiger partial charge is 0.478 e. The van der Waals surface area contributed by atoms with Gasteiger partial charge in [0.15, 0.2) is 0 Å². The Morgan fingerprint density at radius 2 is 1.52 bits per heavy atom. The summed E-state index contributed by atoms with van der Waals surface area (Å²) in [6.07, 6.45) is 5.27. The highest BCUT2D eigenvalue weighted by Crippen LogP contribution is 2.17. The molecule has 2 aromatic rings. The standard InChI is InChI=1S/C17H11NO5/c1-2-10-4-3-5-11(6-10)15(19)18-14-8-12(16(20)21)7-13(9-14)17(22)23/h1,3-9H,(H,18,19)(H,20,21)(H,22,23). The Morgan fingerprint density at radius 1 is 0.913 bits per heavy atom. The van der Waals surface area contributed by atoms with E-state index in [0.29, 0.717) is 5.56 Å². The fourth-order valence-electron chi connectivity index (χ4n) is 1.90. The summed E-state index contributed by atoms with van der Waals surface area (Å²) >= 11 is 0. The summed E-state index contributed by atoms with van der Waals surface area (Å²) in [5.41, 5.74) is 0.384. The van der Waals surface area contributed by atoms with Crippen LogP contribution in [-0.2, 0) is 0 Å². The Kier molecular flexibility index (Phi) is 4.43. The molecule has 2 aromatic carbocycles. The van der Waals surface area contributed by atoms with Crippen LogP contribution in [0, 0.1) is 12.3 Å². The predicted molar refractivity (Wildman–Crippen MR) is 82.7 cm³/mol. The fourth-order valence-corrected chi connectivity index (χ4v) is 1.90. The molecule has 23 heavy (non-hydrogen) atoms. The van der Waals surface area contributed by atoms with Gasteiger partial charge < -0.3 is 15.5 Å². The minimum atomic E-state index is -1.29. The zero-order valence-corrected chi connectivity index (χ0v) is 11.7. The van der Waals surface area contributed by atoms with E-state index >= 15 is 0 Å². The number of anilines is 1. The molecule has 1 amide bonds. The summed E-state index contributed by atoms with van der Waals surface area (Å²) in [4.78, 5) is 34.2. The van der Waals surface area contributed by atoms with Crippen LogP contribution in [0.5, 0.6) is 0 Å². The molecule has 0 aliphatic rings. The Morgan fingerprint density at radius 3 is 2.04 bits per heavy atom. The second kappa shape index (κ2) is 6.45. The molecule has 0 heterocycles. The van der Waals surface area contributed by atoms with Gasteiger partial charge in [0.25, 0.3) is 5.91 Å². The number of hydrogen-bond donors (Lipinski definition) is 3. The summed E-state index contributed by atoms with van der Waals surface area (Å²) in [6, 6.07) is 9.67. The average molecular weight is 309 g/mol. The molecule has 0 fully saturated rings. The third-order valence-electron chi connectivity index (χ3n) is 2.98. The van der Waals surface area contributed by atoms with Crippen molar-refractivity contribution in [3.8, 4) is 12.3 Å². The molecule has 2 rings (SSSR count). The summed E-state index contributed by atoms with van der Waals surface area (Å²) in [7, 11) is 0. The average Bonchev–Trinajstić information content (AvgIpc) is 2.54. The number of rotatable bonds is 4. The van der Waals surface area contributed by atoms with Gasteiger partial charge in [0, 0.05) is 16.8 Å². The number of carboxylic acids is 2. The minimum Gasteiger partial charge on any atom is -0.478 e. The van der Waals surface area contributed by atoms with E-state index in [1.54, 1.807) is 12.1 Å². The number of amides is 1. The van der Waals surface area contributed by atoms with Crippen LogP contribution in [0.4, 0.5) is 5.69 Å². The Bertz CT molecular complexity index is 816. The van der Waals surface area contributed by atoms with Crippen LogP contribution in [-0.4, -0.2) is 28.1 Å². The molecule has 0 saturated carbocycles. The molecule has 0 radical (unpaired) electrons. The van der Waals surface area contributed by atoms with E-state index in [1.165, 1.54) is 24.3 Å². The molecule has 0 bridgehead atoms. The molecule has 0 aliphatic heterocycles. The summed E-state index contributed by atoms with van der Waals surface area (Å²) in [5, 5.41) is 20.5. The number of nitrogens with one attached hydrogen (secondary N) is 1. The zero-order chi connectivity index (χ0) is 17.0.